The van der Waals surface area contributed by atoms with Crippen molar-refractivity contribution in [3.8, 4) is 5.82 Å². The summed E-state index contributed by atoms with van der Waals surface area (Å²) < 4.78 is 41.2. The maximum Gasteiger partial charge on any atom is 0.296 e. The number of benzene rings is 1. The maximum atomic E-state index is 14.1. The Morgan fingerprint density at radius 3 is 2.38 bits per heavy atom. The number of hydrogen-bond acceptors (Lipinski definition) is 8. The Bertz CT molecular complexity index is 1280. The van der Waals surface area contributed by atoms with Crippen molar-refractivity contribution in [2.45, 2.75) is 64.2 Å². The number of nitrogens with zero attached hydrogens (tertiary/aromatic N) is 6. The second kappa shape index (κ2) is 11.9. The second-order valence-corrected chi connectivity index (χ2v) is 11.3. The van der Waals surface area contributed by atoms with Crippen molar-refractivity contribution in [1.82, 2.24) is 24.4 Å². The molecule has 3 fully saturated rings. The van der Waals surface area contributed by atoms with Crippen LogP contribution in [0.2, 0.25) is 0 Å². The molecule has 6 rings (SSSR count). The summed E-state index contributed by atoms with van der Waals surface area (Å²) in [4.78, 5) is 18.5. The van der Waals surface area contributed by atoms with Crippen molar-refractivity contribution in [3.05, 3.63) is 36.2 Å². The molecule has 9 nitrogen and oxygen atoms in total. The maximum absolute atomic E-state index is 14.1. The van der Waals surface area contributed by atoms with Gasteiger partial charge in [-0.25, -0.2) is 13.8 Å². The third-order valence-corrected chi connectivity index (χ3v) is 8.43. The van der Waals surface area contributed by atoms with E-state index in [1.54, 1.807) is 24.3 Å². The van der Waals surface area contributed by atoms with Gasteiger partial charge in [-0.3, -0.25) is 4.57 Å². The Labute approximate surface area is 233 Å². The van der Waals surface area contributed by atoms with Gasteiger partial charge in [0.1, 0.15) is 11.6 Å². The minimum Gasteiger partial charge on any atom is -0.378 e. The van der Waals surface area contributed by atoms with Crippen LogP contribution in [0, 0.1) is 5.92 Å². The quantitative estimate of drug-likeness (QED) is 0.451. The summed E-state index contributed by atoms with van der Waals surface area (Å²) in [5, 5.41) is 3.46. The predicted molar refractivity (Wildman–Crippen MR) is 150 cm³/mol. The van der Waals surface area contributed by atoms with Gasteiger partial charge in [0, 0.05) is 31.7 Å². The normalized spacial score (nSPS) is 25.1. The Kier molecular flexibility index (Phi) is 8.13. The zero-order valence-corrected chi connectivity index (χ0v) is 23.3. The van der Waals surface area contributed by atoms with E-state index < -0.39 is 6.43 Å². The van der Waals surface area contributed by atoms with Gasteiger partial charge in [-0.2, -0.15) is 9.97 Å². The number of hydrogen-bond donors (Lipinski definition) is 1. The molecular weight excluding hydrogens is 516 g/mol. The molecular formula is C29H39F2N7O2. The first-order chi connectivity index (χ1) is 19.4. The third-order valence-electron chi connectivity index (χ3n) is 8.43. The molecule has 0 unspecified atom stereocenters. The van der Waals surface area contributed by atoms with Crippen LogP contribution in [0.3, 0.4) is 0 Å². The van der Waals surface area contributed by atoms with E-state index in [9.17, 15) is 8.78 Å². The van der Waals surface area contributed by atoms with Crippen molar-refractivity contribution in [2.75, 3.05) is 56.2 Å². The van der Waals surface area contributed by atoms with Crippen LogP contribution in [0.1, 0.15) is 51.8 Å². The van der Waals surface area contributed by atoms with Crippen LogP contribution in [0.4, 0.5) is 20.5 Å². The first-order valence-corrected chi connectivity index (χ1v) is 14.6. The van der Waals surface area contributed by atoms with Gasteiger partial charge in [-0.1, -0.05) is 12.1 Å². The van der Waals surface area contributed by atoms with Crippen LogP contribution in [0.15, 0.2) is 30.3 Å². The van der Waals surface area contributed by atoms with E-state index in [4.69, 9.17) is 19.4 Å². The topological polar surface area (TPSA) is 80.6 Å². The molecule has 0 spiro atoms. The van der Waals surface area contributed by atoms with E-state index in [2.05, 4.69) is 33.9 Å². The molecule has 40 heavy (non-hydrogen) atoms. The van der Waals surface area contributed by atoms with Gasteiger partial charge in [0.25, 0.3) is 6.43 Å². The average molecular weight is 556 g/mol. The lowest BCUT2D eigenvalue weighted by atomic mass is 9.92. The van der Waals surface area contributed by atoms with Gasteiger partial charge >= 0.3 is 0 Å². The van der Waals surface area contributed by atoms with Crippen molar-refractivity contribution < 1.29 is 18.3 Å². The fourth-order valence-corrected chi connectivity index (χ4v) is 6.43. The highest BCUT2D eigenvalue weighted by Gasteiger charge is 2.31. The van der Waals surface area contributed by atoms with Crippen molar-refractivity contribution in [1.29, 1.82) is 0 Å². The smallest absolute Gasteiger partial charge is 0.296 e. The standard InChI is InChI=1S/C29H39F2N7O2/c1-19-15-22(16-20(2)40-19)36-9-7-21(8-10-36)18-32-29-34-25(37-11-13-39-14-12-37)17-26(35-29)38-24-6-4-3-5-23(24)33-28(38)27(30)31/h3-6,17,19-22,27H,7-16,18H2,1-2H3,(H,32,34,35)/t19-,20+,22+. The molecule has 1 N–H and O–H groups in total. The number of alkyl halides is 2. The fourth-order valence-electron chi connectivity index (χ4n) is 6.43. The first kappa shape index (κ1) is 27.3. The first-order valence-electron chi connectivity index (χ1n) is 14.6. The number of fused-ring (bicyclic) bond motifs is 1. The molecule has 0 bridgehead atoms. The summed E-state index contributed by atoms with van der Waals surface area (Å²) >= 11 is 0. The summed E-state index contributed by atoms with van der Waals surface area (Å²) in [5.41, 5.74) is 1.11. The number of aromatic nitrogens is 4. The van der Waals surface area contributed by atoms with E-state index in [-0.39, 0.29) is 5.82 Å². The number of nitrogens with one attached hydrogen (secondary N) is 1. The van der Waals surface area contributed by atoms with Gasteiger partial charge in [0.05, 0.1) is 36.5 Å². The van der Waals surface area contributed by atoms with E-state index in [0.717, 1.165) is 45.3 Å². The second-order valence-electron chi connectivity index (χ2n) is 11.3. The van der Waals surface area contributed by atoms with Crippen molar-refractivity contribution in [2.24, 2.45) is 5.92 Å². The predicted octanol–water partition coefficient (Wildman–Crippen LogP) is 4.67. The number of para-hydroxylation sites is 2. The molecule has 3 aliphatic heterocycles. The van der Waals surface area contributed by atoms with Crippen LogP contribution >= 0.6 is 0 Å². The zero-order chi connectivity index (χ0) is 27.6. The monoisotopic (exact) mass is 555 g/mol. The van der Waals surface area contributed by atoms with Gasteiger partial charge in [-0.15, -0.1) is 0 Å². The molecule has 3 saturated heterocycles. The number of halogens is 2. The Hall–Kier alpha value is -2.89. The molecule has 0 aliphatic carbocycles. The molecule has 11 heteroatoms. The van der Waals surface area contributed by atoms with Crippen LogP contribution in [0.25, 0.3) is 16.9 Å². The number of likely N-dealkylation sites (tertiary alicyclic amines) is 1. The molecule has 1 aromatic carbocycles. The number of rotatable bonds is 7. The summed E-state index contributed by atoms with van der Waals surface area (Å²) in [7, 11) is 0. The molecule has 0 amide bonds. The molecule has 0 saturated carbocycles. The van der Waals surface area contributed by atoms with Crippen LogP contribution in [-0.4, -0.2) is 88.6 Å². The number of imidazole rings is 1. The number of piperidine rings is 1. The van der Waals surface area contributed by atoms with Gasteiger partial charge < -0.3 is 24.6 Å². The molecule has 3 aliphatic rings. The zero-order valence-electron chi connectivity index (χ0n) is 23.3. The molecule has 2 aromatic heterocycles. The minimum absolute atomic E-state index is 0.316. The third kappa shape index (κ3) is 5.91. The summed E-state index contributed by atoms with van der Waals surface area (Å²) in [6.07, 6.45) is 2.30. The largest absolute Gasteiger partial charge is 0.378 e. The minimum atomic E-state index is -2.74. The lowest BCUT2D eigenvalue weighted by Gasteiger charge is -2.42. The van der Waals surface area contributed by atoms with E-state index >= 15 is 0 Å². The molecule has 216 valence electrons. The van der Waals surface area contributed by atoms with Crippen LogP contribution in [0.5, 0.6) is 0 Å². The van der Waals surface area contributed by atoms with Crippen molar-refractivity contribution in [3.63, 3.8) is 0 Å². The van der Waals surface area contributed by atoms with E-state index in [1.807, 2.05) is 6.07 Å². The molecule has 3 atom stereocenters. The Morgan fingerprint density at radius 2 is 1.65 bits per heavy atom. The number of anilines is 2. The molecule has 0 radical (unpaired) electrons. The van der Waals surface area contributed by atoms with Crippen molar-refractivity contribution >= 4 is 22.8 Å². The number of morpholine rings is 1. The molecule has 3 aromatic rings. The fraction of sp³-hybridized carbons (Fsp3) is 0.621. The van der Waals surface area contributed by atoms with Gasteiger partial charge in [0.15, 0.2) is 5.82 Å². The highest BCUT2D eigenvalue weighted by molar-refractivity contribution is 5.78. The van der Waals surface area contributed by atoms with Crippen LogP contribution in [-0.2, 0) is 9.47 Å². The summed E-state index contributed by atoms with van der Waals surface area (Å²) in [5.74, 6) is 1.72. The molecule has 5 heterocycles. The van der Waals surface area contributed by atoms with E-state index in [1.165, 1.54) is 4.57 Å². The SMILES string of the molecule is C[C@@H]1C[C@H](N2CCC(CNc3nc(N4CCOCC4)cc(-n4c(C(F)F)nc5ccccc54)n3)CC2)C[C@H](C)O1. The lowest BCUT2D eigenvalue weighted by Crippen LogP contribution is -2.48. The average Bonchev–Trinajstić information content (AvgIpc) is 3.36. The lowest BCUT2D eigenvalue weighted by molar-refractivity contribution is -0.0693. The van der Waals surface area contributed by atoms with E-state index in [0.29, 0.717) is 79.1 Å². The van der Waals surface area contributed by atoms with Gasteiger partial charge in [-0.05, 0) is 70.7 Å². The summed E-state index contributed by atoms with van der Waals surface area (Å²) in [6.45, 7) is 9.82. The number of ether oxygens (including phenoxy) is 2. The van der Waals surface area contributed by atoms with Crippen LogP contribution < -0.4 is 10.2 Å². The summed E-state index contributed by atoms with van der Waals surface area (Å²) in [6, 6.07) is 9.55. The highest BCUT2D eigenvalue weighted by Crippen LogP contribution is 2.30. The Morgan fingerprint density at radius 1 is 0.950 bits per heavy atom. The highest BCUT2D eigenvalue weighted by atomic mass is 19.3. The van der Waals surface area contributed by atoms with Gasteiger partial charge in [0.2, 0.25) is 5.95 Å². The Balaban J connectivity index is 1.21.